The van der Waals surface area contributed by atoms with Crippen molar-refractivity contribution in [1.82, 2.24) is 0 Å². The first kappa shape index (κ1) is 14.9. The lowest BCUT2D eigenvalue weighted by molar-refractivity contribution is -0.137. The molecular formula is C12H16F3NO2. The first-order valence-electron chi connectivity index (χ1n) is 5.44. The van der Waals surface area contributed by atoms with E-state index in [0.717, 1.165) is 12.1 Å². The third kappa shape index (κ3) is 4.29. The largest absolute Gasteiger partial charge is 0.416 e. The number of benzene rings is 1. The van der Waals surface area contributed by atoms with Crippen molar-refractivity contribution in [3.63, 3.8) is 0 Å². The van der Waals surface area contributed by atoms with Gasteiger partial charge in [0.2, 0.25) is 0 Å². The molecule has 0 aromatic heterocycles. The van der Waals surface area contributed by atoms with Gasteiger partial charge < -0.3 is 15.6 Å². The Morgan fingerprint density at radius 1 is 1.39 bits per heavy atom. The Morgan fingerprint density at radius 3 is 2.61 bits per heavy atom. The number of aliphatic hydroxyl groups excluding tert-OH is 1. The molecule has 102 valence electrons. The summed E-state index contributed by atoms with van der Waals surface area (Å²) >= 11 is 0. The van der Waals surface area contributed by atoms with Crippen LogP contribution in [0.25, 0.3) is 0 Å². The highest BCUT2D eigenvalue weighted by Gasteiger charge is 2.30. The monoisotopic (exact) mass is 263 g/mol. The molecule has 0 saturated carbocycles. The molecule has 0 aliphatic heterocycles. The van der Waals surface area contributed by atoms with Crippen LogP contribution in [0.4, 0.5) is 13.2 Å². The summed E-state index contributed by atoms with van der Waals surface area (Å²) in [7, 11) is 1.47. The van der Waals surface area contributed by atoms with Gasteiger partial charge in [-0.15, -0.1) is 0 Å². The Morgan fingerprint density at radius 2 is 2.06 bits per heavy atom. The van der Waals surface area contributed by atoms with Crippen LogP contribution >= 0.6 is 0 Å². The quantitative estimate of drug-likeness (QED) is 0.855. The lowest BCUT2D eigenvalue weighted by Gasteiger charge is -2.17. The second-order valence-corrected chi connectivity index (χ2v) is 4.09. The Labute approximate surface area is 103 Å². The predicted molar refractivity (Wildman–Crippen MR) is 60.9 cm³/mol. The highest BCUT2D eigenvalue weighted by Crippen LogP contribution is 2.31. The van der Waals surface area contributed by atoms with Crippen LogP contribution in [0.1, 0.15) is 23.7 Å². The van der Waals surface area contributed by atoms with Crippen LogP contribution in [-0.2, 0) is 10.9 Å². The maximum absolute atomic E-state index is 12.5. The molecule has 0 bridgehead atoms. The molecular weight excluding hydrogens is 247 g/mol. The van der Waals surface area contributed by atoms with Gasteiger partial charge in [0.15, 0.2) is 0 Å². The SMILES string of the molecule is COCC(N)CC(O)c1cccc(C(F)(F)F)c1. The molecule has 0 spiro atoms. The van der Waals surface area contributed by atoms with Gasteiger partial charge in [0, 0.05) is 13.2 Å². The average molecular weight is 263 g/mol. The van der Waals surface area contributed by atoms with Crippen LogP contribution < -0.4 is 5.73 Å². The van der Waals surface area contributed by atoms with E-state index in [1.807, 2.05) is 0 Å². The van der Waals surface area contributed by atoms with Crippen molar-refractivity contribution < 1.29 is 23.0 Å². The van der Waals surface area contributed by atoms with Gasteiger partial charge >= 0.3 is 6.18 Å². The zero-order chi connectivity index (χ0) is 13.8. The molecule has 18 heavy (non-hydrogen) atoms. The molecule has 2 unspecified atom stereocenters. The van der Waals surface area contributed by atoms with E-state index in [2.05, 4.69) is 0 Å². The van der Waals surface area contributed by atoms with Crippen LogP contribution in [0.5, 0.6) is 0 Å². The minimum atomic E-state index is -4.41. The molecule has 0 amide bonds. The standard InChI is InChI=1S/C12H16F3NO2/c1-18-7-10(16)6-11(17)8-3-2-4-9(5-8)12(13,14)15/h2-5,10-11,17H,6-7,16H2,1H3. The smallest absolute Gasteiger partial charge is 0.388 e. The van der Waals surface area contributed by atoms with E-state index < -0.39 is 23.9 Å². The third-order valence-electron chi connectivity index (χ3n) is 2.51. The van der Waals surface area contributed by atoms with Gasteiger partial charge in [0.25, 0.3) is 0 Å². The number of aliphatic hydroxyl groups is 1. The topological polar surface area (TPSA) is 55.5 Å². The fourth-order valence-corrected chi connectivity index (χ4v) is 1.63. The van der Waals surface area contributed by atoms with Gasteiger partial charge in [-0.1, -0.05) is 12.1 Å². The Balaban J connectivity index is 2.77. The number of ether oxygens (including phenoxy) is 1. The highest BCUT2D eigenvalue weighted by molar-refractivity contribution is 5.27. The van der Waals surface area contributed by atoms with Crippen LogP contribution in [0.15, 0.2) is 24.3 Å². The van der Waals surface area contributed by atoms with Crippen molar-refractivity contribution in [2.45, 2.75) is 24.7 Å². The van der Waals surface area contributed by atoms with E-state index >= 15 is 0 Å². The van der Waals surface area contributed by atoms with E-state index in [-0.39, 0.29) is 18.6 Å². The van der Waals surface area contributed by atoms with Crippen molar-refractivity contribution in [2.75, 3.05) is 13.7 Å². The number of hydrogen-bond donors (Lipinski definition) is 2. The molecule has 1 aromatic carbocycles. The number of hydrogen-bond acceptors (Lipinski definition) is 3. The first-order valence-corrected chi connectivity index (χ1v) is 5.44. The molecule has 0 fully saturated rings. The molecule has 0 aliphatic carbocycles. The lowest BCUT2D eigenvalue weighted by atomic mass is 10.0. The molecule has 1 rings (SSSR count). The van der Waals surface area contributed by atoms with E-state index in [9.17, 15) is 18.3 Å². The average Bonchev–Trinajstić information content (AvgIpc) is 2.28. The summed E-state index contributed by atoms with van der Waals surface area (Å²) in [4.78, 5) is 0. The van der Waals surface area contributed by atoms with E-state index in [1.54, 1.807) is 0 Å². The van der Waals surface area contributed by atoms with Gasteiger partial charge in [-0.2, -0.15) is 13.2 Å². The third-order valence-corrected chi connectivity index (χ3v) is 2.51. The zero-order valence-corrected chi connectivity index (χ0v) is 9.95. The summed E-state index contributed by atoms with van der Waals surface area (Å²) in [6.07, 6.45) is -5.29. The van der Waals surface area contributed by atoms with Gasteiger partial charge in [-0.25, -0.2) is 0 Å². The van der Waals surface area contributed by atoms with Gasteiger partial charge in [0.05, 0.1) is 18.3 Å². The predicted octanol–water partition coefficient (Wildman–Crippen LogP) is 2.10. The summed E-state index contributed by atoms with van der Waals surface area (Å²) < 4.78 is 42.3. The van der Waals surface area contributed by atoms with Crippen molar-refractivity contribution in [2.24, 2.45) is 5.73 Å². The fourth-order valence-electron chi connectivity index (χ4n) is 1.63. The fraction of sp³-hybridized carbons (Fsp3) is 0.500. The Bertz CT molecular complexity index is 382. The summed E-state index contributed by atoms with van der Waals surface area (Å²) in [5, 5.41) is 9.80. The van der Waals surface area contributed by atoms with Gasteiger partial charge in [0.1, 0.15) is 0 Å². The normalized spacial score (nSPS) is 15.4. The van der Waals surface area contributed by atoms with Crippen molar-refractivity contribution in [1.29, 1.82) is 0 Å². The van der Waals surface area contributed by atoms with E-state index in [1.165, 1.54) is 19.2 Å². The van der Waals surface area contributed by atoms with Crippen LogP contribution in [0.3, 0.4) is 0 Å². The zero-order valence-electron chi connectivity index (χ0n) is 9.95. The molecule has 3 nitrogen and oxygen atoms in total. The molecule has 2 atom stereocenters. The Kier molecular flexibility index (Phi) is 5.13. The minimum absolute atomic E-state index is 0.148. The number of methoxy groups -OCH3 is 1. The minimum Gasteiger partial charge on any atom is -0.388 e. The summed E-state index contributed by atoms with van der Waals surface area (Å²) in [6.45, 7) is 0.246. The molecule has 0 saturated heterocycles. The first-order chi connectivity index (χ1) is 8.34. The number of rotatable bonds is 5. The Hall–Kier alpha value is -1.11. The van der Waals surface area contributed by atoms with Crippen LogP contribution in [-0.4, -0.2) is 24.9 Å². The second kappa shape index (κ2) is 6.17. The molecule has 0 aliphatic rings. The lowest BCUT2D eigenvalue weighted by Crippen LogP contribution is -2.27. The van der Waals surface area contributed by atoms with Gasteiger partial charge in [-0.3, -0.25) is 0 Å². The van der Waals surface area contributed by atoms with Gasteiger partial charge in [-0.05, 0) is 24.1 Å². The second-order valence-electron chi connectivity index (χ2n) is 4.09. The molecule has 0 radical (unpaired) electrons. The summed E-state index contributed by atoms with van der Waals surface area (Å²) in [5.74, 6) is 0. The van der Waals surface area contributed by atoms with Crippen molar-refractivity contribution >= 4 is 0 Å². The number of alkyl halides is 3. The maximum Gasteiger partial charge on any atom is 0.416 e. The molecule has 1 aromatic rings. The van der Waals surface area contributed by atoms with Crippen molar-refractivity contribution in [3.05, 3.63) is 35.4 Å². The summed E-state index contributed by atoms with van der Waals surface area (Å²) in [6, 6.07) is 4.19. The van der Waals surface area contributed by atoms with Crippen LogP contribution in [0.2, 0.25) is 0 Å². The molecule has 0 heterocycles. The highest BCUT2D eigenvalue weighted by atomic mass is 19.4. The summed E-state index contributed by atoms with van der Waals surface area (Å²) in [5.41, 5.74) is 5.07. The maximum atomic E-state index is 12.5. The van der Waals surface area contributed by atoms with Crippen molar-refractivity contribution in [3.8, 4) is 0 Å². The number of nitrogens with two attached hydrogens (primary N) is 1. The number of halogens is 3. The van der Waals surface area contributed by atoms with Crippen LogP contribution in [0, 0.1) is 0 Å². The van der Waals surface area contributed by atoms with E-state index in [4.69, 9.17) is 10.5 Å². The molecule has 6 heteroatoms. The molecule has 3 N–H and O–H groups in total. The van der Waals surface area contributed by atoms with E-state index in [0.29, 0.717) is 0 Å².